The van der Waals surface area contributed by atoms with Crippen molar-refractivity contribution in [3.8, 4) is 11.5 Å². The molecule has 23 heavy (non-hydrogen) atoms. The Kier molecular flexibility index (Phi) is 2.34. The number of nitrogens with zero attached hydrogens (tertiary/aromatic N) is 1. The lowest BCUT2D eigenvalue weighted by Gasteiger charge is -2.60. The Morgan fingerprint density at radius 1 is 1.43 bits per heavy atom. The Balaban J connectivity index is 1.89. The predicted octanol–water partition coefficient (Wildman–Crippen LogP) is 0.824. The molecule has 1 saturated heterocycles. The second kappa shape index (κ2) is 3.97. The van der Waals surface area contributed by atoms with E-state index in [0.717, 1.165) is 24.1 Å². The highest BCUT2D eigenvalue weighted by Gasteiger charge is 2.71. The highest BCUT2D eigenvalue weighted by Crippen LogP contribution is 2.63. The summed E-state index contributed by atoms with van der Waals surface area (Å²) in [7, 11) is 3.65. The van der Waals surface area contributed by atoms with Crippen molar-refractivity contribution in [2.45, 2.75) is 36.0 Å². The Hall–Kier alpha value is -1.85. The van der Waals surface area contributed by atoms with Gasteiger partial charge in [-0.2, -0.15) is 0 Å². The van der Waals surface area contributed by atoms with Gasteiger partial charge in [0, 0.05) is 11.6 Å². The zero-order valence-corrected chi connectivity index (χ0v) is 13.2. The molecular weight excluding hydrogens is 294 g/mol. The molecule has 2 aliphatic heterocycles. The fraction of sp³-hybridized carbons (Fsp3) is 0.500. The molecule has 1 unspecified atom stereocenters. The van der Waals surface area contributed by atoms with E-state index in [-0.39, 0.29) is 11.8 Å². The lowest BCUT2D eigenvalue weighted by molar-refractivity contribution is -0.151. The summed E-state index contributed by atoms with van der Waals surface area (Å²) in [6.07, 6.45) is 4.00. The van der Waals surface area contributed by atoms with Gasteiger partial charge in [0.2, 0.25) is 0 Å². The second-order valence-corrected chi connectivity index (χ2v) is 7.11. The summed E-state index contributed by atoms with van der Waals surface area (Å²) >= 11 is 0. The SMILES string of the molecule is COc1ccc2c3c1O[C@H]1C(=O)C=C[C@@]4(O)C(C2)N(C)CC[C@]314. The largest absolute Gasteiger partial charge is 0.493 e. The van der Waals surface area contributed by atoms with Gasteiger partial charge in [-0.25, -0.2) is 0 Å². The molecule has 2 bridgehead atoms. The van der Waals surface area contributed by atoms with Crippen LogP contribution >= 0.6 is 0 Å². The van der Waals surface area contributed by atoms with Crippen LogP contribution in [0.1, 0.15) is 17.5 Å². The molecular formula is C18H19NO4. The van der Waals surface area contributed by atoms with Crippen molar-refractivity contribution in [3.05, 3.63) is 35.4 Å². The quantitative estimate of drug-likeness (QED) is 0.832. The summed E-state index contributed by atoms with van der Waals surface area (Å²) in [5.74, 6) is 1.22. The van der Waals surface area contributed by atoms with Crippen molar-refractivity contribution in [2.75, 3.05) is 20.7 Å². The molecule has 1 aromatic rings. The van der Waals surface area contributed by atoms with Crippen molar-refractivity contribution in [2.24, 2.45) is 0 Å². The summed E-state index contributed by atoms with van der Waals surface area (Å²) in [5.41, 5.74) is 0.385. The maximum Gasteiger partial charge on any atom is 0.196 e. The summed E-state index contributed by atoms with van der Waals surface area (Å²) < 4.78 is 11.6. The Bertz CT molecular complexity index is 773. The molecule has 0 radical (unpaired) electrons. The van der Waals surface area contributed by atoms with Crippen LogP contribution in [0.2, 0.25) is 0 Å². The van der Waals surface area contributed by atoms with E-state index in [1.165, 1.54) is 6.08 Å². The summed E-state index contributed by atoms with van der Waals surface area (Å²) in [6, 6.07) is 3.92. The number of carbonyl (C=O) groups is 1. The fourth-order valence-electron chi connectivity index (χ4n) is 5.28. The molecule has 2 heterocycles. The molecule has 1 N–H and O–H groups in total. The van der Waals surface area contributed by atoms with Gasteiger partial charge in [-0.3, -0.25) is 9.69 Å². The van der Waals surface area contributed by atoms with E-state index in [4.69, 9.17) is 9.47 Å². The average molecular weight is 313 g/mol. The standard InChI is InChI=1S/C18H19NO4/c1-19-8-7-17-14-10-3-4-12(22-2)15(14)23-16(17)11(20)5-6-18(17,21)13(19)9-10/h3-6,13,16,21H,7-9H2,1-2H3/t13?,16-,17-,18+/m0/s1. The topological polar surface area (TPSA) is 59.0 Å². The first-order chi connectivity index (χ1) is 11.0. The second-order valence-electron chi connectivity index (χ2n) is 7.11. The van der Waals surface area contributed by atoms with Gasteiger partial charge in [-0.1, -0.05) is 6.07 Å². The van der Waals surface area contributed by atoms with Crippen LogP contribution in [0.25, 0.3) is 0 Å². The number of carbonyl (C=O) groups excluding carboxylic acids is 1. The number of piperidine rings is 1. The molecule has 0 aromatic heterocycles. The van der Waals surface area contributed by atoms with Crippen LogP contribution in [0.3, 0.4) is 0 Å². The minimum absolute atomic E-state index is 0.0430. The van der Waals surface area contributed by atoms with Gasteiger partial charge in [0.1, 0.15) is 5.60 Å². The molecule has 5 heteroatoms. The molecule has 120 valence electrons. The number of ether oxygens (including phenoxy) is 2. The van der Waals surface area contributed by atoms with E-state index >= 15 is 0 Å². The molecule has 0 amide bonds. The Labute approximate surface area is 134 Å². The molecule has 4 aliphatic rings. The van der Waals surface area contributed by atoms with E-state index in [1.54, 1.807) is 13.2 Å². The van der Waals surface area contributed by atoms with Crippen molar-refractivity contribution in [3.63, 3.8) is 0 Å². The molecule has 1 aromatic carbocycles. The van der Waals surface area contributed by atoms with E-state index in [2.05, 4.69) is 11.0 Å². The first-order valence-corrected chi connectivity index (χ1v) is 8.05. The van der Waals surface area contributed by atoms with E-state index in [9.17, 15) is 9.90 Å². The minimum atomic E-state index is -1.08. The van der Waals surface area contributed by atoms with Gasteiger partial charge in [-0.05, 0) is 50.2 Å². The number of hydrogen-bond donors (Lipinski definition) is 1. The van der Waals surface area contributed by atoms with Gasteiger partial charge < -0.3 is 14.6 Å². The molecule has 1 fully saturated rings. The maximum absolute atomic E-state index is 12.6. The van der Waals surface area contributed by atoms with Crippen LogP contribution in [0.15, 0.2) is 24.3 Å². The fourth-order valence-corrected chi connectivity index (χ4v) is 5.28. The summed E-state index contributed by atoms with van der Waals surface area (Å²) in [5, 5.41) is 11.7. The molecule has 5 nitrogen and oxygen atoms in total. The van der Waals surface area contributed by atoms with Gasteiger partial charge in [-0.15, -0.1) is 0 Å². The van der Waals surface area contributed by atoms with Crippen molar-refractivity contribution in [1.29, 1.82) is 0 Å². The lowest BCUT2D eigenvalue weighted by atomic mass is 9.51. The molecule has 0 saturated carbocycles. The normalized spacial score (nSPS) is 39.9. The lowest BCUT2D eigenvalue weighted by Crippen LogP contribution is -2.74. The van der Waals surface area contributed by atoms with Gasteiger partial charge >= 0.3 is 0 Å². The smallest absolute Gasteiger partial charge is 0.196 e. The van der Waals surface area contributed by atoms with Crippen molar-refractivity contribution < 1.29 is 19.4 Å². The van der Waals surface area contributed by atoms with Crippen LogP contribution in [0.4, 0.5) is 0 Å². The number of ketones is 1. The highest BCUT2D eigenvalue weighted by molar-refractivity contribution is 5.99. The molecule has 5 rings (SSSR count). The van der Waals surface area contributed by atoms with Crippen molar-refractivity contribution >= 4 is 5.78 Å². The molecule has 2 aliphatic carbocycles. The summed E-state index contributed by atoms with van der Waals surface area (Å²) in [6.45, 7) is 0.837. The van der Waals surface area contributed by atoms with Crippen LogP contribution in [0.5, 0.6) is 11.5 Å². The predicted molar refractivity (Wildman–Crippen MR) is 82.9 cm³/mol. The highest BCUT2D eigenvalue weighted by atomic mass is 16.5. The van der Waals surface area contributed by atoms with E-state index < -0.39 is 17.1 Å². The van der Waals surface area contributed by atoms with Gasteiger partial charge in [0.15, 0.2) is 23.4 Å². The van der Waals surface area contributed by atoms with Crippen LogP contribution < -0.4 is 9.47 Å². The minimum Gasteiger partial charge on any atom is -0.493 e. The molecule has 1 spiro atoms. The van der Waals surface area contributed by atoms with E-state index in [0.29, 0.717) is 17.9 Å². The Morgan fingerprint density at radius 2 is 2.26 bits per heavy atom. The number of methoxy groups -OCH3 is 1. The number of rotatable bonds is 1. The monoisotopic (exact) mass is 313 g/mol. The van der Waals surface area contributed by atoms with Crippen LogP contribution in [-0.2, 0) is 16.6 Å². The van der Waals surface area contributed by atoms with E-state index in [1.807, 2.05) is 13.1 Å². The number of hydrogen-bond acceptors (Lipinski definition) is 5. The summed E-state index contributed by atoms with van der Waals surface area (Å²) in [4.78, 5) is 14.8. The number of likely N-dealkylation sites (tertiary alicyclic amines) is 1. The first-order valence-electron chi connectivity index (χ1n) is 8.05. The average Bonchev–Trinajstić information content (AvgIpc) is 2.90. The van der Waals surface area contributed by atoms with Gasteiger partial charge in [0.05, 0.1) is 12.5 Å². The van der Waals surface area contributed by atoms with Crippen LogP contribution in [-0.4, -0.2) is 54.2 Å². The zero-order valence-electron chi connectivity index (χ0n) is 13.2. The third-order valence-electron chi connectivity index (χ3n) is 6.34. The Morgan fingerprint density at radius 3 is 3.04 bits per heavy atom. The van der Waals surface area contributed by atoms with Crippen LogP contribution in [0, 0.1) is 0 Å². The number of benzene rings is 1. The zero-order chi connectivity index (χ0) is 16.0. The maximum atomic E-state index is 12.6. The first kappa shape index (κ1) is 13.6. The van der Waals surface area contributed by atoms with Crippen molar-refractivity contribution in [1.82, 2.24) is 4.90 Å². The molecule has 4 atom stereocenters. The third kappa shape index (κ3) is 1.28. The third-order valence-corrected chi connectivity index (χ3v) is 6.34. The number of likely N-dealkylation sites (N-methyl/N-ethyl adjacent to an activating group) is 1. The number of aliphatic hydroxyl groups is 1. The van der Waals surface area contributed by atoms with Gasteiger partial charge in [0.25, 0.3) is 0 Å².